The molecule has 0 radical (unpaired) electrons. The number of rotatable bonds is 1. The molecule has 0 amide bonds. The summed E-state index contributed by atoms with van der Waals surface area (Å²) in [6.07, 6.45) is 0. The normalized spacial score (nSPS) is 9.07. The molecule has 2 N–H and O–H groups in total. The first-order valence-electron chi connectivity index (χ1n) is 6.11. The van der Waals surface area contributed by atoms with Crippen molar-refractivity contribution in [2.75, 3.05) is 0 Å². The summed E-state index contributed by atoms with van der Waals surface area (Å²) in [7, 11) is 0. The van der Waals surface area contributed by atoms with Gasteiger partial charge in [-0.2, -0.15) is 0 Å². The maximum Gasteiger partial charge on any atom is 0.0266 e. The Labute approximate surface area is 96.7 Å². The Morgan fingerprint density at radius 2 is 1.13 bits per heavy atom. The fourth-order valence-corrected chi connectivity index (χ4v) is 0.757. The lowest BCUT2D eigenvalue weighted by atomic mass is 10.1. The molecule has 1 unspecified atom stereocenters. The van der Waals surface area contributed by atoms with Crippen LogP contribution in [0.15, 0.2) is 30.3 Å². The molecule has 1 rings (SSSR count). The zero-order valence-electron chi connectivity index (χ0n) is 11.5. The van der Waals surface area contributed by atoms with E-state index in [1.807, 2.05) is 78.8 Å². The molecule has 1 heteroatoms. The minimum absolute atomic E-state index is 0.159. The van der Waals surface area contributed by atoms with Gasteiger partial charge in [0.1, 0.15) is 0 Å². The van der Waals surface area contributed by atoms with Crippen molar-refractivity contribution >= 4 is 0 Å². The van der Waals surface area contributed by atoms with Crippen molar-refractivity contribution in [3.8, 4) is 0 Å². The van der Waals surface area contributed by atoms with Crippen LogP contribution < -0.4 is 5.73 Å². The van der Waals surface area contributed by atoms with E-state index in [2.05, 4.69) is 0 Å². The van der Waals surface area contributed by atoms with E-state index in [1.54, 1.807) is 0 Å². The molecule has 0 aromatic heterocycles. The molecule has 1 nitrogen and oxygen atoms in total. The van der Waals surface area contributed by atoms with Gasteiger partial charge >= 0.3 is 0 Å². The lowest BCUT2D eigenvalue weighted by Gasteiger charge is -2.02. The van der Waals surface area contributed by atoms with Crippen molar-refractivity contribution in [1.82, 2.24) is 0 Å². The van der Waals surface area contributed by atoms with Gasteiger partial charge < -0.3 is 5.73 Å². The van der Waals surface area contributed by atoms with Crippen molar-refractivity contribution in [3.63, 3.8) is 0 Å². The maximum absolute atomic E-state index is 5.61. The van der Waals surface area contributed by atoms with Crippen LogP contribution in [0.25, 0.3) is 0 Å². The summed E-state index contributed by atoms with van der Waals surface area (Å²) >= 11 is 0. The van der Waals surface area contributed by atoms with Crippen LogP contribution in [-0.4, -0.2) is 0 Å². The predicted molar refractivity (Wildman–Crippen MR) is 73.1 cm³/mol. The Bertz CT molecular complexity index is 168. The van der Waals surface area contributed by atoms with E-state index in [0.29, 0.717) is 0 Å². The highest BCUT2D eigenvalue weighted by Gasteiger charge is 1.93. The summed E-state index contributed by atoms with van der Waals surface area (Å²) in [6, 6.07) is 10.2. The van der Waals surface area contributed by atoms with Crippen LogP contribution in [0.3, 0.4) is 0 Å². The Kier molecular flexibility index (Phi) is 24.8. The summed E-state index contributed by atoms with van der Waals surface area (Å²) in [6.45, 7) is 14.0. The van der Waals surface area contributed by atoms with Gasteiger partial charge in [0.05, 0.1) is 0 Å². The Hall–Kier alpha value is -0.820. The van der Waals surface area contributed by atoms with E-state index in [4.69, 9.17) is 5.73 Å². The van der Waals surface area contributed by atoms with Gasteiger partial charge in [-0.25, -0.2) is 0 Å². The van der Waals surface area contributed by atoms with Crippen LogP contribution in [0.4, 0.5) is 0 Å². The summed E-state index contributed by atoms with van der Waals surface area (Å²) in [4.78, 5) is 0. The van der Waals surface area contributed by atoms with E-state index in [0.717, 1.165) is 0 Å². The minimum Gasteiger partial charge on any atom is -0.324 e. The van der Waals surface area contributed by atoms with Crippen molar-refractivity contribution in [2.24, 2.45) is 5.73 Å². The average Bonchev–Trinajstić information content (AvgIpc) is 2.38. The van der Waals surface area contributed by atoms with Crippen LogP contribution in [-0.2, 0) is 0 Å². The molecule has 0 aliphatic carbocycles. The molecule has 0 saturated heterocycles. The second kappa shape index (κ2) is 18.9. The molecule has 15 heavy (non-hydrogen) atoms. The fourth-order valence-electron chi connectivity index (χ4n) is 0.757. The topological polar surface area (TPSA) is 26.0 Å². The minimum atomic E-state index is 0.159. The lowest BCUT2D eigenvalue weighted by Crippen LogP contribution is -2.03. The maximum atomic E-state index is 5.61. The van der Waals surface area contributed by atoms with Crippen LogP contribution in [0, 0.1) is 0 Å². The summed E-state index contributed by atoms with van der Waals surface area (Å²) < 4.78 is 0. The molecule has 90 valence electrons. The van der Waals surface area contributed by atoms with Gasteiger partial charge in [-0.1, -0.05) is 71.9 Å². The van der Waals surface area contributed by atoms with Gasteiger partial charge in [-0.15, -0.1) is 0 Å². The molecule has 1 aromatic carbocycles. The number of hydrogen-bond acceptors (Lipinski definition) is 1. The Balaban J connectivity index is -0.000000208. The Morgan fingerprint density at radius 1 is 0.800 bits per heavy atom. The zero-order chi connectivity index (χ0) is 12.7. The van der Waals surface area contributed by atoms with Crippen molar-refractivity contribution in [2.45, 2.75) is 54.5 Å². The molecule has 0 aliphatic heterocycles. The van der Waals surface area contributed by atoms with Gasteiger partial charge in [0.15, 0.2) is 0 Å². The quantitative estimate of drug-likeness (QED) is 0.710. The van der Waals surface area contributed by atoms with Crippen LogP contribution in [0.2, 0.25) is 0 Å². The predicted octanol–water partition coefficient (Wildman–Crippen LogP) is 4.78. The van der Waals surface area contributed by atoms with Crippen LogP contribution in [0.5, 0.6) is 0 Å². The summed E-state index contributed by atoms with van der Waals surface area (Å²) in [5.41, 5.74) is 6.81. The molecule has 0 saturated carbocycles. The Morgan fingerprint density at radius 3 is 1.33 bits per heavy atom. The smallest absolute Gasteiger partial charge is 0.0266 e. The molecule has 0 aliphatic rings. The molecular weight excluding hydrogens is 182 g/mol. The van der Waals surface area contributed by atoms with Crippen LogP contribution in [0.1, 0.15) is 60.1 Å². The van der Waals surface area contributed by atoms with E-state index >= 15 is 0 Å². The second-order valence-corrected chi connectivity index (χ2v) is 2.20. The lowest BCUT2D eigenvalue weighted by molar-refractivity contribution is 0.818. The highest BCUT2D eigenvalue weighted by Crippen LogP contribution is 2.06. The second-order valence-electron chi connectivity index (χ2n) is 2.20. The fraction of sp³-hybridized carbons (Fsp3) is 0.571. The van der Waals surface area contributed by atoms with Crippen LogP contribution >= 0.6 is 0 Å². The summed E-state index contributed by atoms with van der Waals surface area (Å²) in [5, 5.41) is 0. The summed E-state index contributed by atoms with van der Waals surface area (Å²) in [5.74, 6) is 0. The number of hydrogen-bond donors (Lipinski definition) is 1. The van der Waals surface area contributed by atoms with Gasteiger partial charge in [-0.3, -0.25) is 0 Å². The highest BCUT2D eigenvalue weighted by atomic mass is 14.6. The third-order valence-electron chi connectivity index (χ3n) is 1.33. The van der Waals surface area contributed by atoms with Crippen molar-refractivity contribution < 1.29 is 0 Å². The third-order valence-corrected chi connectivity index (χ3v) is 1.33. The molecule has 1 aromatic rings. The number of benzene rings is 1. The monoisotopic (exact) mass is 211 g/mol. The van der Waals surface area contributed by atoms with E-state index in [9.17, 15) is 0 Å². The van der Waals surface area contributed by atoms with Gasteiger partial charge in [0.2, 0.25) is 0 Å². The SMILES string of the molecule is CC.CC.CC.CC(N)c1ccccc1. The van der Waals surface area contributed by atoms with E-state index in [-0.39, 0.29) is 6.04 Å². The third kappa shape index (κ3) is 13.2. The van der Waals surface area contributed by atoms with Crippen molar-refractivity contribution in [3.05, 3.63) is 35.9 Å². The van der Waals surface area contributed by atoms with Gasteiger partial charge in [0.25, 0.3) is 0 Å². The molecule has 0 fully saturated rings. The molecule has 0 spiro atoms. The van der Waals surface area contributed by atoms with E-state index < -0.39 is 0 Å². The zero-order valence-corrected chi connectivity index (χ0v) is 11.5. The first kappa shape index (κ1) is 19.7. The van der Waals surface area contributed by atoms with Gasteiger partial charge in [-0.05, 0) is 12.5 Å². The van der Waals surface area contributed by atoms with Gasteiger partial charge in [0, 0.05) is 6.04 Å². The largest absolute Gasteiger partial charge is 0.324 e. The molecule has 0 heterocycles. The standard InChI is InChI=1S/C8H11N.3C2H6/c1-7(9)8-5-3-2-4-6-8;3*1-2/h2-7H,9H2,1H3;3*1-2H3. The highest BCUT2D eigenvalue weighted by molar-refractivity contribution is 5.17. The first-order chi connectivity index (χ1) is 7.30. The first-order valence-corrected chi connectivity index (χ1v) is 6.11. The van der Waals surface area contributed by atoms with E-state index in [1.165, 1.54) is 5.56 Å². The number of nitrogens with two attached hydrogens (primary N) is 1. The molecular formula is C14H29N. The molecule has 0 bridgehead atoms. The molecule has 1 atom stereocenters. The van der Waals surface area contributed by atoms with Crippen molar-refractivity contribution in [1.29, 1.82) is 0 Å². The average molecular weight is 211 g/mol.